The molecule has 0 aliphatic rings. The number of hydrogen-bond acceptors (Lipinski definition) is 3. The zero-order valence-corrected chi connectivity index (χ0v) is 8.34. The van der Waals surface area contributed by atoms with E-state index in [-0.39, 0.29) is 5.15 Å². The first-order chi connectivity index (χ1) is 5.65. The Morgan fingerprint density at radius 3 is 2.67 bits per heavy atom. The Kier molecular flexibility index (Phi) is 3.29. The van der Waals surface area contributed by atoms with Crippen LogP contribution in [0.1, 0.15) is 11.5 Å². The molecule has 2 nitrogen and oxygen atoms in total. The van der Waals surface area contributed by atoms with Crippen molar-refractivity contribution in [1.82, 2.24) is 9.97 Å². The molecular weight excluding hydrogens is 199 g/mol. The van der Waals surface area contributed by atoms with Gasteiger partial charge in [-0.3, -0.25) is 0 Å². The summed E-state index contributed by atoms with van der Waals surface area (Å²) in [5, 5.41) is -0.0912. The van der Waals surface area contributed by atoms with Crippen LogP contribution in [0.4, 0.5) is 4.39 Å². The number of nitrogens with zero attached hydrogens (tertiary/aromatic N) is 2. The highest BCUT2D eigenvalue weighted by molar-refractivity contribution is 7.97. The van der Waals surface area contributed by atoms with Gasteiger partial charge in [-0.15, -0.1) is 0 Å². The van der Waals surface area contributed by atoms with Crippen LogP contribution in [0, 0.1) is 12.7 Å². The Balaban J connectivity index is 3.04. The number of thioether (sulfide) groups is 1. The fourth-order valence-electron chi connectivity index (χ4n) is 0.773. The van der Waals surface area contributed by atoms with Gasteiger partial charge in [-0.25, -0.2) is 14.4 Å². The molecule has 1 aromatic rings. The first-order valence-corrected chi connectivity index (χ1v) is 5.09. The molecule has 0 N–H and O–H groups in total. The Labute approximate surface area is 79.6 Å². The molecule has 0 amide bonds. The van der Waals surface area contributed by atoms with E-state index >= 15 is 0 Å². The van der Waals surface area contributed by atoms with Crippen molar-refractivity contribution in [2.75, 3.05) is 6.26 Å². The van der Waals surface area contributed by atoms with Gasteiger partial charge in [0, 0.05) is 0 Å². The van der Waals surface area contributed by atoms with Crippen molar-refractivity contribution >= 4 is 23.4 Å². The molecule has 0 saturated carbocycles. The lowest BCUT2D eigenvalue weighted by atomic mass is 10.4. The Bertz CT molecular complexity index is 270. The molecule has 0 unspecified atom stereocenters. The van der Waals surface area contributed by atoms with E-state index in [0.717, 1.165) is 0 Å². The lowest BCUT2D eigenvalue weighted by Crippen LogP contribution is -1.99. The molecule has 0 aromatic carbocycles. The lowest BCUT2D eigenvalue weighted by Gasteiger charge is -2.01. The zero-order valence-electron chi connectivity index (χ0n) is 6.77. The third kappa shape index (κ3) is 2.08. The molecule has 0 fully saturated rings. The van der Waals surface area contributed by atoms with Crippen LogP contribution in [0.3, 0.4) is 0 Å². The maximum Gasteiger partial charge on any atom is 0.181 e. The summed E-state index contributed by atoms with van der Waals surface area (Å²) in [6, 6.07) is 0. The van der Waals surface area contributed by atoms with Crippen molar-refractivity contribution in [1.29, 1.82) is 0 Å². The van der Waals surface area contributed by atoms with E-state index in [1.54, 1.807) is 18.7 Å². The first kappa shape index (κ1) is 9.74. The normalized spacial score (nSPS) is 10.3. The molecule has 12 heavy (non-hydrogen) atoms. The number of hydrogen-bond donors (Lipinski definition) is 0. The van der Waals surface area contributed by atoms with Gasteiger partial charge < -0.3 is 0 Å². The second-order valence-electron chi connectivity index (χ2n) is 2.26. The van der Waals surface area contributed by atoms with Gasteiger partial charge in [0.1, 0.15) is 5.82 Å². The summed E-state index contributed by atoms with van der Waals surface area (Å²) in [5.41, 5.74) is 0.305. The molecule has 66 valence electrons. The van der Waals surface area contributed by atoms with E-state index in [2.05, 4.69) is 9.97 Å². The Morgan fingerprint density at radius 1 is 1.50 bits per heavy atom. The van der Waals surface area contributed by atoms with Crippen LogP contribution < -0.4 is 0 Å². The van der Waals surface area contributed by atoms with Crippen molar-refractivity contribution in [2.45, 2.75) is 12.7 Å². The van der Waals surface area contributed by atoms with Crippen LogP contribution >= 0.6 is 23.4 Å². The maximum absolute atomic E-state index is 12.9. The second kappa shape index (κ2) is 4.05. The molecule has 0 spiro atoms. The van der Waals surface area contributed by atoms with Crippen molar-refractivity contribution < 1.29 is 4.39 Å². The van der Waals surface area contributed by atoms with Crippen LogP contribution in [0.15, 0.2) is 0 Å². The van der Waals surface area contributed by atoms with Gasteiger partial charge in [0.05, 0.1) is 11.4 Å². The Morgan fingerprint density at radius 2 is 2.17 bits per heavy atom. The fourth-order valence-corrected chi connectivity index (χ4v) is 1.39. The molecule has 1 rings (SSSR count). The third-order valence-electron chi connectivity index (χ3n) is 1.30. The van der Waals surface area contributed by atoms with E-state index in [4.69, 9.17) is 11.6 Å². The summed E-state index contributed by atoms with van der Waals surface area (Å²) in [4.78, 5) is 7.71. The minimum Gasteiger partial charge on any atom is -0.234 e. The molecule has 0 saturated heterocycles. The fraction of sp³-hybridized carbons (Fsp3) is 0.429. The van der Waals surface area contributed by atoms with Crippen molar-refractivity contribution in [3.05, 3.63) is 22.5 Å². The summed E-state index contributed by atoms with van der Waals surface area (Å²) in [7, 11) is 0. The van der Waals surface area contributed by atoms with Crippen LogP contribution in [-0.4, -0.2) is 16.2 Å². The van der Waals surface area contributed by atoms with Crippen LogP contribution in [0.2, 0.25) is 5.15 Å². The molecule has 1 heterocycles. The van der Waals surface area contributed by atoms with Crippen LogP contribution in [0.25, 0.3) is 0 Å². The monoisotopic (exact) mass is 206 g/mol. The topological polar surface area (TPSA) is 25.8 Å². The summed E-state index contributed by atoms with van der Waals surface area (Å²) < 4.78 is 12.9. The van der Waals surface area contributed by atoms with Gasteiger partial charge in [0.2, 0.25) is 0 Å². The zero-order chi connectivity index (χ0) is 9.14. The highest BCUT2D eigenvalue weighted by Gasteiger charge is 2.08. The van der Waals surface area contributed by atoms with Gasteiger partial charge in [-0.2, -0.15) is 11.8 Å². The summed E-state index contributed by atoms with van der Waals surface area (Å²) in [6.07, 6.45) is 1.93. The largest absolute Gasteiger partial charge is 0.234 e. The molecule has 5 heteroatoms. The first-order valence-electron chi connectivity index (χ1n) is 3.32. The number of rotatable bonds is 2. The van der Waals surface area contributed by atoms with E-state index in [1.165, 1.54) is 0 Å². The smallest absolute Gasteiger partial charge is 0.181 e. The molecule has 0 aliphatic carbocycles. The summed E-state index contributed by atoms with van der Waals surface area (Å²) >= 11 is 7.09. The van der Waals surface area contributed by atoms with Gasteiger partial charge in [0.25, 0.3) is 0 Å². The molecule has 0 atom stereocenters. The SMILES string of the molecule is CSCc1nc(C)c(F)c(Cl)n1. The van der Waals surface area contributed by atoms with E-state index in [9.17, 15) is 4.39 Å². The van der Waals surface area contributed by atoms with Gasteiger partial charge in [0.15, 0.2) is 11.0 Å². The third-order valence-corrected chi connectivity index (χ3v) is 2.09. The van der Waals surface area contributed by atoms with Crippen molar-refractivity contribution in [3.63, 3.8) is 0 Å². The van der Waals surface area contributed by atoms with Gasteiger partial charge >= 0.3 is 0 Å². The molecule has 0 radical (unpaired) electrons. The molecule has 1 aromatic heterocycles. The quantitative estimate of drug-likeness (QED) is 0.696. The minimum absolute atomic E-state index is 0.0912. The standard InChI is InChI=1S/C7H8ClFN2S/c1-4-6(9)7(8)11-5(10-4)3-12-2/h3H2,1-2H3. The molecule has 0 aliphatic heterocycles. The van der Waals surface area contributed by atoms with Crippen LogP contribution in [-0.2, 0) is 5.75 Å². The van der Waals surface area contributed by atoms with Crippen molar-refractivity contribution in [2.24, 2.45) is 0 Å². The number of aryl methyl sites for hydroxylation is 1. The summed E-state index contributed by atoms with van der Waals surface area (Å²) in [6.45, 7) is 1.58. The van der Waals surface area contributed by atoms with E-state index < -0.39 is 5.82 Å². The van der Waals surface area contributed by atoms with E-state index in [1.807, 2.05) is 6.26 Å². The van der Waals surface area contributed by atoms with Gasteiger partial charge in [-0.05, 0) is 13.2 Å². The second-order valence-corrected chi connectivity index (χ2v) is 3.49. The highest BCUT2D eigenvalue weighted by Crippen LogP contribution is 2.15. The molecule has 0 bridgehead atoms. The van der Waals surface area contributed by atoms with E-state index in [0.29, 0.717) is 17.3 Å². The predicted octanol–water partition coefficient (Wildman–Crippen LogP) is 2.44. The maximum atomic E-state index is 12.9. The Hall–Kier alpha value is -0.350. The lowest BCUT2D eigenvalue weighted by molar-refractivity contribution is 0.599. The molecular formula is C7H8ClFN2S. The van der Waals surface area contributed by atoms with Crippen molar-refractivity contribution in [3.8, 4) is 0 Å². The average Bonchev–Trinajstić information content (AvgIpc) is 2.01. The highest BCUT2D eigenvalue weighted by atomic mass is 35.5. The number of aromatic nitrogens is 2. The number of halogens is 2. The predicted molar refractivity (Wildman–Crippen MR) is 49.0 cm³/mol. The average molecular weight is 207 g/mol. The van der Waals surface area contributed by atoms with Gasteiger partial charge in [-0.1, -0.05) is 11.6 Å². The summed E-state index contributed by atoms with van der Waals surface area (Å²) in [5.74, 6) is 0.703. The minimum atomic E-state index is -0.526. The van der Waals surface area contributed by atoms with Crippen LogP contribution in [0.5, 0.6) is 0 Å².